The third kappa shape index (κ3) is 3.71. The van der Waals surface area contributed by atoms with Gasteiger partial charge in [0.25, 0.3) is 0 Å². The molecule has 1 unspecified atom stereocenters. The lowest BCUT2D eigenvalue weighted by molar-refractivity contribution is -0.142. The number of methoxy groups -OCH3 is 1. The van der Waals surface area contributed by atoms with E-state index in [0.29, 0.717) is 37.3 Å². The van der Waals surface area contributed by atoms with E-state index < -0.39 is 0 Å². The van der Waals surface area contributed by atoms with Crippen molar-refractivity contribution in [2.75, 3.05) is 19.0 Å². The third-order valence-corrected chi connectivity index (χ3v) is 3.13. The van der Waals surface area contributed by atoms with E-state index >= 15 is 0 Å². The highest BCUT2D eigenvalue weighted by Gasteiger charge is 2.23. The molecule has 0 bridgehead atoms. The average molecular weight is 263 g/mol. The Balaban J connectivity index is 1.97. The summed E-state index contributed by atoms with van der Waals surface area (Å²) in [6, 6.07) is 7.19. The van der Waals surface area contributed by atoms with Crippen LogP contribution >= 0.6 is 0 Å². The van der Waals surface area contributed by atoms with Crippen LogP contribution in [0.3, 0.4) is 0 Å². The largest absolute Gasteiger partial charge is 0.497 e. The number of hydrogen-bond donors (Lipinski definition) is 1. The topological polar surface area (TPSA) is 64.6 Å². The number of carbonyl (C=O) groups is 2. The second-order valence-electron chi connectivity index (χ2n) is 4.47. The Hall–Kier alpha value is -2.04. The lowest BCUT2D eigenvalue weighted by Gasteiger charge is -2.13. The fraction of sp³-hybridized carbons (Fsp3) is 0.429. The minimum atomic E-state index is -0.225. The molecule has 0 saturated carbocycles. The maximum atomic E-state index is 12.1. The number of anilines is 1. The molecule has 1 heterocycles. The molecule has 19 heavy (non-hydrogen) atoms. The number of benzene rings is 1. The summed E-state index contributed by atoms with van der Waals surface area (Å²) in [5, 5.41) is 2.84. The van der Waals surface area contributed by atoms with Gasteiger partial charge in [0.2, 0.25) is 5.91 Å². The number of carbonyl (C=O) groups excluding carboxylic acids is 2. The first kappa shape index (κ1) is 13.4. The lowest BCUT2D eigenvalue weighted by atomic mass is 9.99. The smallest absolute Gasteiger partial charge is 0.305 e. The monoisotopic (exact) mass is 263 g/mol. The molecule has 1 aliphatic heterocycles. The van der Waals surface area contributed by atoms with Crippen LogP contribution in [0.15, 0.2) is 24.3 Å². The summed E-state index contributed by atoms with van der Waals surface area (Å²) in [6.07, 6.45) is 1.41. The number of hydrogen-bond acceptors (Lipinski definition) is 4. The van der Waals surface area contributed by atoms with Crippen LogP contribution in [0.1, 0.15) is 19.3 Å². The van der Waals surface area contributed by atoms with Crippen molar-refractivity contribution in [1.29, 1.82) is 0 Å². The van der Waals surface area contributed by atoms with Gasteiger partial charge >= 0.3 is 5.97 Å². The maximum Gasteiger partial charge on any atom is 0.305 e. The predicted octanol–water partition coefficient (Wildman–Crippen LogP) is 1.98. The fourth-order valence-electron chi connectivity index (χ4n) is 2.03. The molecule has 0 spiro atoms. The van der Waals surface area contributed by atoms with Crippen LogP contribution < -0.4 is 10.1 Å². The van der Waals surface area contributed by atoms with Gasteiger partial charge in [0.1, 0.15) is 5.75 Å². The van der Waals surface area contributed by atoms with Crippen molar-refractivity contribution >= 4 is 17.6 Å². The standard InChI is InChI=1S/C14H17NO4/c1-18-12-4-2-3-11(9-12)15-14(17)10-5-6-13(16)19-8-7-10/h2-4,9-10H,5-8H2,1H3,(H,15,17). The Morgan fingerprint density at radius 2 is 2.26 bits per heavy atom. The Morgan fingerprint density at radius 3 is 3.05 bits per heavy atom. The van der Waals surface area contributed by atoms with Gasteiger partial charge in [-0.3, -0.25) is 9.59 Å². The lowest BCUT2D eigenvalue weighted by Crippen LogP contribution is -2.23. The molecule has 2 rings (SSSR count). The van der Waals surface area contributed by atoms with Crippen molar-refractivity contribution in [3.8, 4) is 5.75 Å². The summed E-state index contributed by atoms with van der Waals surface area (Å²) in [5.41, 5.74) is 0.695. The zero-order valence-corrected chi connectivity index (χ0v) is 10.8. The fourth-order valence-corrected chi connectivity index (χ4v) is 2.03. The second kappa shape index (κ2) is 6.22. The van der Waals surface area contributed by atoms with Gasteiger partial charge in [-0.15, -0.1) is 0 Å². The molecule has 0 aromatic heterocycles. The molecular formula is C14H17NO4. The van der Waals surface area contributed by atoms with Crippen LogP contribution in [-0.2, 0) is 14.3 Å². The van der Waals surface area contributed by atoms with E-state index in [4.69, 9.17) is 9.47 Å². The molecule has 0 aliphatic carbocycles. The van der Waals surface area contributed by atoms with Crippen LogP contribution in [-0.4, -0.2) is 25.6 Å². The van der Waals surface area contributed by atoms with Crippen LogP contribution in [0.4, 0.5) is 5.69 Å². The summed E-state index contributed by atoms with van der Waals surface area (Å²) in [5.74, 6) is 0.207. The molecule has 1 aliphatic rings. The third-order valence-electron chi connectivity index (χ3n) is 3.13. The molecular weight excluding hydrogens is 246 g/mol. The van der Waals surface area contributed by atoms with E-state index in [0.717, 1.165) is 0 Å². The van der Waals surface area contributed by atoms with Crippen molar-refractivity contribution in [3.63, 3.8) is 0 Å². The highest BCUT2D eigenvalue weighted by atomic mass is 16.5. The van der Waals surface area contributed by atoms with Crippen LogP contribution in [0, 0.1) is 5.92 Å². The van der Waals surface area contributed by atoms with Gasteiger partial charge in [-0.1, -0.05) is 6.07 Å². The highest BCUT2D eigenvalue weighted by Crippen LogP contribution is 2.21. The van der Waals surface area contributed by atoms with Crippen molar-refractivity contribution in [1.82, 2.24) is 0 Å². The molecule has 5 heteroatoms. The van der Waals surface area contributed by atoms with Gasteiger partial charge in [-0.2, -0.15) is 0 Å². The van der Waals surface area contributed by atoms with Crippen LogP contribution in [0.2, 0.25) is 0 Å². The number of ether oxygens (including phenoxy) is 2. The van der Waals surface area contributed by atoms with E-state index in [1.54, 1.807) is 19.2 Å². The van der Waals surface area contributed by atoms with Crippen LogP contribution in [0.25, 0.3) is 0 Å². The molecule has 1 aromatic rings. The van der Waals surface area contributed by atoms with Crippen molar-refractivity contribution in [2.24, 2.45) is 5.92 Å². The number of rotatable bonds is 3. The summed E-state index contributed by atoms with van der Waals surface area (Å²) in [4.78, 5) is 23.2. The molecule has 1 saturated heterocycles. The van der Waals surface area contributed by atoms with Gasteiger partial charge in [-0.25, -0.2) is 0 Å². The number of cyclic esters (lactones) is 1. The number of esters is 1. The van der Waals surface area contributed by atoms with E-state index in [1.165, 1.54) is 0 Å². The van der Waals surface area contributed by atoms with Crippen LogP contribution in [0.5, 0.6) is 5.75 Å². The minimum Gasteiger partial charge on any atom is -0.497 e. The highest BCUT2D eigenvalue weighted by molar-refractivity contribution is 5.93. The Kier molecular flexibility index (Phi) is 4.39. The van der Waals surface area contributed by atoms with Crippen molar-refractivity contribution in [2.45, 2.75) is 19.3 Å². The van der Waals surface area contributed by atoms with Crippen molar-refractivity contribution < 1.29 is 19.1 Å². The van der Waals surface area contributed by atoms with E-state index in [1.807, 2.05) is 12.1 Å². The number of amides is 1. The van der Waals surface area contributed by atoms with Gasteiger partial charge in [0.15, 0.2) is 0 Å². The molecule has 1 aromatic carbocycles. The van der Waals surface area contributed by atoms with E-state index in [2.05, 4.69) is 5.32 Å². The Morgan fingerprint density at radius 1 is 1.42 bits per heavy atom. The Labute approximate surface area is 111 Å². The molecule has 0 radical (unpaired) electrons. The van der Waals surface area contributed by atoms with Gasteiger partial charge in [0.05, 0.1) is 13.7 Å². The molecule has 1 atom stereocenters. The Bertz CT molecular complexity index is 472. The number of nitrogens with one attached hydrogen (secondary N) is 1. The molecule has 1 fully saturated rings. The van der Waals surface area contributed by atoms with Gasteiger partial charge < -0.3 is 14.8 Å². The van der Waals surface area contributed by atoms with Gasteiger partial charge in [-0.05, 0) is 25.0 Å². The molecule has 1 amide bonds. The average Bonchev–Trinajstić information content (AvgIpc) is 2.64. The van der Waals surface area contributed by atoms with Crippen molar-refractivity contribution in [3.05, 3.63) is 24.3 Å². The molecule has 5 nitrogen and oxygen atoms in total. The zero-order valence-electron chi connectivity index (χ0n) is 10.8. The normalized spacial score (nSPS) is 19.2. The van der Waals surface area contributed by atoms with Gasteiger partial charge in [0, 0.05) is 24.1 Å². The maximum absolute atomic E-state index is 12.1. The SMILES string of the molecule is COc1cccc(NC(=O)C2CCOC(=O)CC2)c1. The first-order valence-electron chi connectivity index (χ1n) is 6.29. The predicted molar refractivity (Wildman–Crippen MR) is 69.9 cm³/mol. The first-order valence-corrected chi connectivity index (χ1v) is 6.29. The van der Waals surface area contributed by atoms with E-state index in [-0.39, 0.29) is 17.8 Å². The minimum absolute atomic E-state index is 0.0773. The summed E-state index contributed by atoms with van der Waals surface area (Å²) < 4.78 is 10.0. The zero-order chi connectivity index (χ0) is 13.7. The van der Waals surface area contributed by atoms with E-state index in [9.17, 15) is 9.59 Å². The quantitative estimate of drug-likeness (QED) is 0.847. The summed E-state index contributed by atoms with van der Waals surface area (Å²) >= 11 is 0. The first-order chi connectivity index (χ1) is 9.19. The summed E-state index contributed by atoms with van der Waals surface area (Å²) in [6.45, 7) is 0.315. The molecule has 1 N–H and O–H groups in total. The second-order valence-corrected chi connectivity index (χ2v) is 4.47. The summed E-state index contributed by atoms with van der Waals surface area (Å²) in [7, 11) is 1.58. The molecule has 102 valence electrons.